The summed E-state index contributed by atoms with van der Waals surface area (Å²) in [4.78, 5) is 0. The molecule has 0 radical (unpaired) electrons. The van der Waals surface area contributed by atoms with Crippen LogP contribution in [0, 0.1) is 0 Å². The molecule has 0 unspecified atom stereocenters. The number of hydrogen-bond donors (Lipinski definition) is 1. The van der Waals surface area contributed by atoms with Crippen molar-refractivity contribution in [3.05, 3.63) is 0 Å². The summed E-state index contributed by atoms with van der Waals surface area (Å²) in [6.07, 6.45) is 2.65. The van der Waals surface area contributed by atoms with Crippen molar-refractivity contribution in [2.45, 2.75) is 24.5 Å². The van der Waals surface area contributed by atoms with Crippen LogP contribution < -0.4 is 29.0 Å². The minimum absolute atomic E-state index is 0. The number of rotatable bonds is 3. The van der Waals surface area contributed by atoms with Gasteiger partial charge in [-0.2, -0.15) is 0 Å². The fourth-order valence-electron chi connectivity index (χ4n) is 0.279. The van der Waals surface area contributed by atoms with Gasteiger partial charge in [-0.1, -0.05) is 0 Å². The molecule has 0 spiro atoms. The molecule has 0 amide bonds. The first-order valence-electron chi connectivity index (χ1n) is 2.35. The average Bonchev–Trinajstić information content (AvgIpc) is 1.61. The monoisotopic (exact) mass is 191 g/mol. The first-order chi connectivity index (χ1) is 2.91. The van der Waals surface area contributed by atoms with Crippen molar-refractivity contribution >= 4 is 0 Å². The molecular weight excluding hydrogens is 181 g/mol. The van der Waals surface area contributed by atoms with E-state index in [2.05, 4.69) is 6.92 Å². The summed E-state index contributed by atoms with van der Waals surface area (Å²) >= 11 is -0.00181. The molecular formula is C4H11Cl2NTi. The largest absolute Gasteiger partial charge is 1.00 e. The van der Waals surface area contributed by atoms with E-state index in [1.54, 1.807) is 0 Å². The predicted octanol–water partition coefficient (Wildman–Crippen LogP) is -4.83. The molecule has 2 N–H and O–H groups in total. The number of halogens is 2. The Labute approximate surface area is 72.8 Å². The van der Waals surface area contributed by atoms with Gasteiger partial charge < -0.3 is 24.8 Å². The molecule has 4 heteroatoms. The standard InChI is InChI=1S/C4H9.2ClH.H2N.Ti/c1-3-4-2;;;;/h1,3-4H2,2H3;2*1H;1H2;/q;;;-1;+3/p-2. The van der Waals surface area contributed by atoms with Crippen molar-refractivity contribution in [1.82, 2.24) is 0 Å². The van der Waals surface area contributed by atoms with Crippen molar-refractivity contribution < 1.29 is 44.2 Å². The van der Waals surface area contributed by atoms with Crippen LogP contribution in [-0.2, 0) is 19.4 Å². The van der Waals surface area contributed by atoms with E-state index in [4.69, 9.17) is 4.22 Å². The smallest absolute Gasteiger partial charge is 1.00 e. The molecule has 8 heavy (non-hydrogen) atoms. The predicted molar refractivity (Wildman–Crippen MR) is 23.9 cm³/mol. The molecule has 0 saturated heterocycles. The van der Waals surface area contributed by atoms with E-state index >= 15 is 0 Å². The SMILES string of the molecule is CCC[CH2][Ti+2][NH2].[Cl-].[Cl-]. The summed E-state index contributed by atoms with van der Waals surface area (Å²) in [5, 5.41) is 0. The molecule has 1 nitrogen and oxygen atoms in total. The minimum Gasteiger partial charge on any atom is -1.00 e. The Bertz CT molecular complexity index is 26.0. The maximum absolute atomic E-state index is 5.34. The molecule has 50 valence electrons. The van der Waals surface area contributed by atoms with Crippen LogP contribution in [0.5, 0.6) is 0 Å². The molecule has 0 aliphatic heterocycles. The van der Waals surface area contributed by atoms with Crippen molar-refractivity contribution in [2.75, 3.05) is 0 Å². The zero-order chi connectivity index (χ0) is 4.83. The molecule has 0 aromatic rings. The molecule has 0 rings (SSSR count). The van der Waals surface area contributed by atoms with E-state index in [9.17, 15) is 0 Å². The molecule has 0 aliphatic rings. The van der Waals surface area contributed by atoms with Gasteiger partial charge in [0.1, 0.15) is 0 Å². The van der Waals surface area contributed by atoms with Gasteiger partial charge in [0.15, 0.2) is 0 Å². The zero-order valence-electron chi connectivity index (χ0n) is 4.95. The van der Waals surface area contributed by atoms with Gasteiger partial charge in [-0.3, -0.25) is 0 Å². The van der Waals surface area contributed by atoms with Gasteiger partial charge in [0.25, 0.3) is 0 Å². The van der Waals surface area contributed by atoms with Crippen LogP contribution in [-0.4, -0.2) is 0 Å². The van der Waals surface area contributed by atoms with Crippen LogP contribution >= 0.6 is 0 Å². The van der Waals surface area contributed by atoms with E-state index in [0.29, 0.717) is 0 Å². The summed E-state index contributed by atoms with van der Waals surface area (Å²) in [7, 11) is 0. The summed E-state index contributed by atoms with van der Waals surface area (Å²) in [6.45, 7) is 2.20. The van der Waals surface area contributed by atoms with Gasteiger partial charge >= 0.3 is 48.1 Å². The summed E-state index contributed by atoms with van der Waals surface area (Å²) in [6, 6.07) is 0. The van der Waals surface area contributed by atoms with Gasteiger partial charge in [-0.25, -0.2) is 0 Å². The van der Waals surface area contributed by atoms with Gasteiger partial charge in [-0.05, 0) is 0 Å². The second-order valence-electron chi connectivity index (χ2n) is 1.31. The van der Waals surface area contributed by atoms with Crippen LogP contribution in [0.25, 0.3) is 0 Å². The Morgan fingerprint density at radius 3 is 2.00 bits per heavy atom. The molecule has 0 aliphatic carbocycles. The van der Waals surface area contributed by atoms with Crippen LogP contribution in [0.1, 0.15) is 19.8 Å². The number of unbranched alkanes of at least 4 members (excludes halogenated alkanes) is 1. The van der Waals surface area contributed by atoms with E-state index in [0.717, 1.165) is 0 Å². The maximum Gasteiger partial charge on any atom is -1.00 e. The van der Waals surface area contributed by atoms with Gasteiger partial charge in [-0.15, -0.1) is 0 Å². The van der Waals surface area contributed by atoms with Crippen LogP contribution in [0.15, 0.2) is 0 Å². The first kappa shape index (κ1) is 16.1. The Hall–Kier alpha value is 1.25. The Balaban J connectivity index is -0.000000125. The van der Waals surface area contributed by atoms with E-state index in [-0.39, 0.29) is 44.2 Å². The van der Waals surface area contributed by atoms with Crippen molar-refractivity contribution in [1.29, 1.82) is 0 Å². The number of nitrogens with two attached hydrogens (primary N) is 1. The van der Waals surface area contributed by atoms with Crippen LogP contribution in [0.3, 0.4) is 0 Å². The first-order valence-corrected chi connectivity index (χ1v) is 4.36. The normalized spacial score (nSPS) is 5.75. The number of hydrogen-bond acceptors (Lipinski definition) is 1. The Morgan fingerprint density at radius 2 is 1.88 bits per heavy atom. The molecule has 0 saturated carbocycles. The molecule has 0 atom stereocenters. The van der Waals surface area contributed by atoms with E-state index < -0.39 is 0 Å². The van der Waals surface area contributed by atoms with E-state index in [1.807, 2.05) is 0 Å². The summed E-state index contributed by atoms with van der Waals surface area (Å²) in [5.74, 6) is 0. The topological polar surface area (TPSA) is 26.0 Å². The summed E-state index contributed by atoms with van der Waals surface area (Å²) < 4.78 is 6.66. The third-order valence-corrected chi connectivity index (χ3v) is 1.68. The average molecular weight is 192 g/mol. The minimum atomic E-state index is -0.00181. The fourth-order valence-corrected chi connectivity index (χ4v) is 1.15. The van der Waals surface area contributed by atoms with E-state index in [1.165, 1.54) is 17.6 Å². The van der Waals surface area contributed by atoms with Gasteiger partial charge in [0.05, 0.1) is 0 Å². The molecule has 0 bridgehead atoms. The van der Waals surface area contributed by atoms with Gasteiger partial charge in [0.2, 0.25) is 0 Å². The Kier molecular flexibility index (Phi) is 31.7. The second-order valence-corrected chi connectivity index (χ2v) is 2.73. The van der Waals surface area contributed by atoms with Crippen molar-refractivity contribution in [3.63, 3.8) is 0 Å². The second kappa shape index (κ2) is 15.7. The maximum atomic E-state index is 5.34. The van der Waals surface area contributed by atoms with Crippen LogP contribution in [0.4, 0.5) is 0 Å². The molecule has 0 fully saturated rings. The quantitative estimate of drug-likeness (QED) is 0.352. The fraction of sp³-hybridized carbons (Fsp3) is 1.00. The zero-order valence-corrected chi connectivity index (χ0v) is 8.03. The molecule has 0 aromatic carbocycles. The van der Waals surface area contributed by atoms with Crippen molar-refractivity contribution in [2.24, 2.45) is 4.22 Å². The Morgan fingerprint density at radius 1 is 1.38 bits per heavy atom. The molecule has 0 aromatic heterocycles. The summed E-state index contributed by atoms with van der Waals surface area (Å²) in [5.41, 5.74) is 0. The van der Waals surface area contributed by atoms with Crippen LogP contribution in [0.2, 0.25) is 4.73 Å². The third kappa shape index (κ3) is 15.7. The van der Waals surface area contributed by atoms with Crippen molar-refractivity contribution in [3.8, 4) is 0 Å². The molecule has 0 heterocycles. The third-order valence-electron chi connectivity index (χ3n) is 0.675. The van der Waals surface area contributed by atoms with Gasteiger partial charge in [0, 0.05) is 0 Å².